The first-order chi connectivity index (χ1) is 14.3. The van der Waals surface area contributed by atoms with Crippen LogP contribution in [-0.4, -0.2) is 26.4 Å². The highest BCUT2D eigenvalue weighted by Gasteiger charge is 2.25. The van der Waals surface area contributed by atoms with E-state index in [0.717, 1.165) is 35.6 Å². The number of benzene rings is 1. The van der Waals surface area contributed by atoms with E-state index in [9.17, 15) is 4.79 Å². The maximum absolute atomic E-state index is 12.7. The molecule has 7 heteroatoms. The van der Waals surface area contributed by atoms with Crippen LogP contribution in [0.1, 0.15) is 43.4 Å². The van der Waals surface area contributed by atoms with Gasteiger partial charge in [-0.3, -0.25) is 9.69 Å². The van der Waals surface area contributed by atoms with Crippen LogP contribution in [-0.2, 0) is 24.9 Å². The van der Waals surface area contributed by atoms with Crippen LogP contribution < -0.4 is 10.3 Å². The highest BCUT2D eigenvalue weighted by molar-refractivity contribution is 6.30. The van der Waals surface area contributed by atoms with E-state index in [-0.39, 0.29) is 11.0 Å². The molecule has 1 aliphatic rings. The minimum Gasteiger partial charge on any atom is -0.439 e. The van der Waals surface area contributed by atoms with Gasteiger partial charge >= 0.3 is 0 Å². The Kier molecular flexibility index (Phi) is 5.62. The number of rotatable bonds is 4. The second-order valence-corrected chi connectivity index (χ2v) is 9.01. The lowest BCUT2D eigenvalue weighted by atomic mass is 9.95. The number of nitrogens with one attached hydrogen (secondary N) is 1. The Morgan fingerprint density at radius 2 is 1.97 bits per heavy atom. The quantitative estimate of drug-likeness (QED) is 0.669. The van der Waals surface area contributed by atoms with Gasteiger partial charge in [0, 0.05) is 48.3 Å². The van der Waals surface area contributed by atoms with Crippen LogP contribution in [0.5, 0.6) is 11.6 Å². The van der Waals surface area contributed by atoms with Crippen molar-refractivity contribution in [2.45, 2.75) is 45.7 Å². The predicted octanol–water partition coefficient (Wildman–Crippen LogP) is 4.47. The third-order valence-electron chi connectivity index (χ3n) is 5.13. The van der Waals surface area contributed by atoms with E-state index >= 15 is 0 Å². The lowest BCUT2D eigenvalue weighted by molar-refractivity contribution is 0.237. The zero-order chi connectivity index (χ0) is 21.3. The number of hydrogen-bond acceptors (Lipinski definition) is 5. The molecule has 3 heterocycles. The van der Waals surface area contributed by atoms with Gasteiger partial charge in [0.1, 0.15) is 11.6 Å². The van der Waals surface area contributed by atoms with Crippen molar-refractivity contribution in [2.24, 2.45) is 0 Å². The minimum absolute atomic E-state index is 0.0431. The number of aromatic nitrogens is 3. The van der Waals surface area contributed by atoms with Gasteiger partial charge in [0.15, 0.2) is 0 Å². The summed E-state index contributed by atoms with van der Waals surface area (Å²) in [6.45, 7) is 8.17. The molecule has 1 aliphatic heterocycles. The van der Waals surface area contributed by atoms with Crippen LogP contribution in [0.4, 0.5) is 0 Å². The Morgan fingerprint density at radius 3 is 2.70 bits per heavy atom. The SMILES string of the molecule is CC(C)(C)c1nc2c(c(=O)[nH]1)CN(Cc1cccnc1Oc1ccc(Cl)cc1)CC2. The molecule has 0 radical (unpaired) electrons. The van der Waals surface area contributed by atoms with Gasteiger partial charge < -0.3 is 9.72 Å². The number of H-pyrrole nitrogens is 1. The van der Waals surface area contributed by atoms with Crippen LogP contribution in [0.15, 0.2) is 47.4 Å². The van der Waals surface area contributed by atoms with Gasteiger partial charge in [-0.2, -0.15) is 0 Å². The molecule has 0 fully saturated rings. The van der Waals surface area contributed by atoms with Crippen molar-refractivity contribution < 1.29 is 4.74 Å². The molecule has 1 aromatic carbocycles. The molecule has 0 saturated carbocycles. The second-order valence-electron chi connectivity index (χ2n) is 8.57. The van der Waals surface area contributed by atoms with E-state index in [1.807, 2.05) is 24.3 Å². The Hall–Kier alpha value is -2.70. The maximum Gasteiger partial charge on any atom is 0.255 e. The smallest absolute Gasteiger partial charge is 0.255 e. The van der Waals surface area contributed by atoms with Crippen LogP contribution in [0, 0.1) is 0 Å². The largest absolute Gasteiger partial charge is 0.439 e. The molecule has 0 saturated heterocycles. The molecule has 0 bridgehead atoms. The van der Waals surface area contributed by atoms with Crippen LogP contribution in [0.25, 0.3) is 0 Å². The Labute approximate surface area is 180 Å². The molecule has 3 aromatic rings. The number of aromatic amines is 1. The second kappa shape index (κ2) is 8.20. The lowest BCUT2D eigenvalue weighted by Gasteiger charge is -2.29. The summed E-state index contributed by atoms with van der Waals surface area (Å²) in [6, 6.07) is 11.1. The normalized spacial score (nSPS) is 14.4. The molecule has 1 N–H and O–H groups in total. The molecule has 0 spiro atoms. The fourth-order valence-corrected chi connectivity index (χ4v) is 3.59. The van der Waals surface area contributed by atoms with Gasteiger partial charge in [0.05, 0.1) is 11.3 Å². The average molecular weight is 425 g/mol. The van der Waals surface area contributed by atoms with E-state index in [1.54, 1.807) is 18.3 Å². The van der Waals surface area contributed by atoms with Crippen LogP contribution >= 0.6 is 11.6 Å². The number of halogens is 1. The van der Waals surface area contributed by atoms with Crippen molar-refractivity contribution in [3.05, 3.63) is 80.6 Å². The van der Waals surface area contributed by atoms with E-state index in [1.165, 1.54) is 0 Å². The highest BCUT2D eigenvalue weighted by Crippen LogP contribution is 2.27. The van der Waals surface area contributed by atoms with Crippen LogP contribution in [0.3, 0.4) is 0 Å². The van der Waals surface area contributed by atoms with E-state index < -0.39 is 0 Å². The standard InChI is InChI=1S/C23H25ClN4O2/c1-23(2,3)22-26-19-10-12-28(14-18(19)20(29)27-22)13-15-5-4-11-25-21(15)30-17-8-6-16(24)7-9-17/h4-9,11H,10,12-14H2,1-3H3,(H,26,27,29). The molecule has 30 heavy (non-hydrogen) atoms. The van der Waals surface area contributed by atoms with Gasteiger partial charge in [0.2, 0.25) is 5.88 Å². The summed E-state index contributed by atoms with van der Waals surface area (Å²) in [5.41, 5.74) is 2.39. The summed E-state index contributed by atoms with van der Waals surface area (Å²) < 4.78 is 5.98. The predicted molar refractivity (Wildman–Crippen MR) is 117 cm³/mol. The summed E-state index contributed by atoms with van der Waals surface area (Å²) in [4.78, 5) is 27.0. The Bertz CT molecular complexity index is 1100. The Morgan fingerprint density at radius 1 is 1.20 bits per heavy atom. The number of hydrogen-bond donors (Lipinski definition) is 1. The molecule has 0 amide bonds. The molecule has 0 atom stereocenters. The van der Waals surface area contributed by atoms with Crippen molar-refractivity contribution in [1.29, 1.82) is 0 Å². The van der Waals surface area contributed by atoms with E-state index in [2.05, 4.69) is 35.6 Å². The minimum atomic E-state index is -0.186. The summed E-state index contributed by atoms with van der Waals surface area (Å²) in [7, 11) is 0. The zero-order valence-corrected chi connectivity index (χ0v) is 18.2. The van der Waals surface area contributed by atoms with Crippen molar-refractivity contribution in [1.82, 2.24) is 19.9 Å². The van der Waals surface area contributed by atoms with Gasteiger partial charge in [-0.1, -0.05) is 38.4 Å². The number of nitrogens with zero attached hydrogens (tertiary/aromatic N) is 3. The molecule has 0 unspecified atom stereocenters. The van der Waals surface area contributed by atoms with E-state index in [0.29, 0.717) is 29.7 Å². The average Bonchev–Trinajstić information content (AvgIpc) is 2.71. The Balaban J connectivity index is 1.53. The summed E-state index contributed by atoms with van der Waals surface area (Å²) in [5.74, 6) is 1.98. The highest BCUT2D eigenvalue weighted by atomic mass is 35.5. The summed E-state index contributed by atoms with van der Waals surface area (Å²) >= 11 is 5.95. The monoisotopic (exact) mass is 424 g/mol. The van der Waals surface area contributed by atoms with Gasteiger partial charge in [0.25, 0.3) is 5.56 Å². The third kappa shape index (κ3) is 4.55. The first-order valence-electron chi connectivity index (χ1n) is 10.0. The van der Waals surface area contributed by atoms with Crippen molar-refractivity contribution in [3.8, 4) is 11.6 Å². The maximum atomic E-state index is 12.7. The van der Waals surface area contributed by atoms with Gasteiger partial charge in [-0.15, -0.1) is 0 Å². The first-order valence-corrected chi connectivity index (χ1v) is 10.4. The van der Waals surface area contributed by atoms with Gasteiger partial charge in [-0.05, 0) is 30.3 Å². The fourth-order valence-electron chi connectivity index (χ4n) is 3.46. The molecular weight excluding hydrogens is 400 g/mol. The van der Waals surface area contributed by atoms with E-state index in [4.69, 9.17) is 21.3 Å². The van der Waals surface area contributed by atoms with Crippen molar-refractivity contribution in [3.63, 3.8) is 0 Å². The summed E-state index contributed by atoms with van der Waals surface area (Å²) in [5, 5.41) is 0.657. The number of pyridine rings is 1. The van der Waals surface area contributed by atoms with Crippen molar-refractivity contribution >= 4 is 11.6 Å². The number of fused-ring (bicyclic) bond motifs is 1. The summed E-state index contributed by atoms with van der Waals surface area (Å²) in [6.07, 6.45) is 2.46. The first kappa shape index (κ1) is 20.6. The number of ether oxygens (including phenoxy) is 1. The fraction of sp³-hybridized carbons (Fsp3) is 0.348. The molecule has 156 valence electrons. The van der Waals surface area contributed by atoms with Crippen LogP contribution in [0.2, 0.25) is 5.02 Å². The molecule has 6 nitrogen and oxygen atoms in total. The molecular formula is C23H25ClN4O2. The van der Waals surface area contributed by atoms with Gasteiger partial charge in [-0.25, -0.2) is 9.97 Å². The molecule has 2 aromatic heterocycles. The molecule has 0 aliphatic carbocycles. The third-order valence-corrected chi connectivity index (χ3v) is 5.38. The molecule has 4 rings (SSSR count). The lowest BCUT2D eigenvalue weighted by Crippen LogP contribution is -2.37. The zero-order valence-electron chi connectivity index (χ0n) is 17.4. The van der Waals surface area contributed by atoms with Crippen molar-refractivity contribution in [2.75, 3.05) is 6.54 Å². The topological polar surface area (TPSA) is 71.1 Å².